The number of halogens is 2. The fourth-order valence-electron chi connectivity index (χ4n) is 4.85. The number of likely N-dealkylation sites (tertiary alicyclic amines) is 2. The van der Waals surface area contributed by atoms with Crippen LogP contribution in [0.25, 0.3) is 0 Å². The van der Waals surface area contributed by atoms with Gasteiger partial charge in [0, 0.05) is 42.8 Å². The molecule has 0 aromatic carbocycles. The maximum absolute atomic E-state index is 13.2. The molecule has 1 unspecified atom stereocenters. The minimum atomic E-state index is -0.183. The van der Waals surface area contributed by atoms with Gasteiger partial charge < -0.3 is 15.1 Å². The van der Waals surface area contributed by atoms with E-state index in [-0.39, 0.29) is 48.1 Å². The summed E-state index contributed by atoms with van der Waals surface area (Å²) < 4.78 is 0. The lowest BCUT2D eigenvalue weighted by Crippen LogP contribution is -2.45. The second-order valence-corrected chi connectivity index (χ2v) is 10.5. The Balaban J connectivity index is 0.00000204. The van der Waals surface area contributed by atoms with Crippen molar-refractivity contribution >= 4 is 48.0 Å². The summed E-state index contributed by atoms with van der Waals surface area (Å²) in [6.07, 6.45) is 7.33. The van der Waals surface area contributed by atoms with E-state index in [0.29, 0.717) is 12.5 Å². The minimum Gasteiger partial charge on any atom is -0.348 e. The highest BCUT2D eigenvalue weighted by atomic mass is 35.5. The molecule has 2 aromatic rings. The first kappa shape index (κ1) is 28.6. The molecule has 1 atom stereocenters. The molecule has 0 saturated carbocycles. The summed E-state index contributed by atoms with van der Waals surface area (Å²) in [5.41, 5.74) is 0.913. The SMILES string of the molecule is CC(C)C(=O)NC(CCN1CCC2(CC1)CCN(Cc1cccnc1)C2=O)c1cccs1.Cl.Cl. The monoisotopic (exact) mass is 526 g/mol. The number of hydrogen-bond acceptors (Lipinski definition) is 5. The van der Waals surface area contributed by atoms with Gasteiger partial charge in [0.2, 0.25) is 11.8 Å². The highest BCUT2D eigenvalue weighted by Crippen LogP contribution is 2.42. The Morgan fingerprint density at radius 1 is 1.15 bits per heavy atom. The van der Waals surface area contributed by atoms with Crippen LogP contribution in [0.1, 0.15) is 56.0 Å². The lowest BCUT2D eigenvalue weighted by atomic mass is 9.77. The fourth-order valence-corrected chi connectivity index (χ4v) is 5.66. The van der Waals surface area contributed by atoms with Crippen LogP contribution < -0.4 is 5.32 Å². The van der Waals surface area contributed by atoms with Gasteiger partial charge in [-0.05, 0) is 61.8 Å². The first-order chi connectivity index (χ1) is 15.5. The van der Waals surface area contributed by atoms with Crippen molar-refractivity contribution in [2.75, 3.05) is 26.2 Å². The molecule has 1 spiro atoms. The Labute approximate surface area is 219 Å². The zero-order chi connectivity index (χ0) is 22.6. The summed E-state index contributed by atoms with van der Waals surface area (Å²) in [5, 5.41) is 5.29. The van der Waals surface area contributed by atoms with Crippen LogP contribution in [0.3, 0.4) is 0 Å². The van der Waals surface area contributed by atoms with E-state index < -0.39 is 0 Å². The molecule has 4 rings (SSSR count). The summed E-state index contributed by atoms with van der Waals surface area (Å²) in [4.78, 5) is 35.4. The van der Waals surface area contributed by atoms with Gasteiger partial charge >= 0.3 is 0 Å². The van der Waals surface area contributed by atoms with Crippen LogP contribution in [0.4, 0.5) is 0 Å². The van der Waals surface area contributed by atoms with E-state index in [2.05, 4.69) is 26.6 Å². The molecular weight excluding hydrogens is 491 g/mol. The van der Waals surface area contributed by atoms with Crippen molar-refractivity contribution in [2.45, 2.75) is 52.1 Å². The molecule has 2 aliphatic rings. The summed E-state index contributed by atoms with van der Waals surface area (Å²) in [6, 6.07) is 8.17. The van der Waals surface area contributed by atoms with E-state index in [1.165, 1.54) is 4.88 Å². The van der Waals surface area contributed by atoms with Crippen LogP contribution in [0.2, 0.25) is 0 Å². The molecule has 2 fully saturated rings. The third-order valence-electron chi connectivity index (χ3n) is 6.97. The van der Waals surface area contributed by atoms with Crippen molar-refractivity contribution in [2.24, 2.45) is 11.3 Å². The summed E-state index contributed by atoms with van der Waals surface area (Å²) >= 11 is 1.70. The van der Waals surface area contributed by atoms with Crippen molar-refractivity contribution < 1.29 is 9.59 Å². The number of nitrogens with one attached hydrogen (secondary N) is 1. The zero-order valence-electron chi connectivity index (χ0n) is 19.9. The molecule has 2 aliphatic heterocycles. The number of hydrogen-bond donors (Lipinski definition) is 1. The van der Waals surface area contributed by atoms with E-state index in [0.717, 1.165) is 57.4 Å². The maximum atomic E-state index is 13.2. The number of piperidine rings is 1. The minimum absolute atomic E-state index is 0. The topological polar surface area (TPSA) is 65.5 Å². The number of thiophene rings is 1. The standard InChI is InChI=1S/C25H34N4O2S.2ClH/c1-19(2)23(30)27-21(22-6-4-16-32-22)7-12-28-13-8-25(9-14-28)10-15-29(24(25)31)18-20-5-3-11-26-17-20;;/h3-6,11,16-17,19,21H,7-10,12-15,18H2,1-2H3,(H,27,30);2*1H. The molecular formula is C25H36Cl2N4O2S. The van der Waals surface area contributed by atoms with E-state index in [4.69, 9.17) is 0 Å². The van der Waals surface area contributed by atoms with Crippen LogP contribution in [0.5, 0.6) is 0 Å². The summed E-state index contributed by atoms with van der Waals surface area (Å²) in [5.74, 6) is 0.406. The summed E-state index contributed by atoms with van der Waals surface area (Å²) in [6.45, 7) is 8.20. The van der Waals surface area contributed by atoms with Crippen molar-refractivity contribution in [3.05, 3.63) is 52.5 Å². The molecule has 6 nitrogen and oxygen atoms in total. The van der Waals surface area contributed by atoms with E-state index in [1.807, 2.05) is 43.1 Å². The van der Waals surface area contributed by atoms with Gasteiger partial charge in [0.05, 0.1) is 11.5 Å². The van der Waals surface area contributed by atoms with Crippen molar-refractivity contribution in [3.8, 4) is 0 Å². The number of amides is 2. The van der Waals surface area contributed by atoms with E-state index in [1.54, 1.807) is 17.5 Å². The Hall–Kier alpha value is -1.67. The van der Waals surface area contributed by atoms with Crippen LogP contribution in [0.15, 0.2) is 42.0 Å². The normalized spacial score (nSPS) is 18.4. The number of nitrogens with zero attached hydrogens (tertiary/aromatic N) is 3. The molecule has 0 bridgehead atoms. The Bertz CT molecular complexity index is 903. The Morgan fingerprint density at radius 3 is 2.50 bits per heavy atom. The Kier molecular flexibility index (Phi) is 10.8. The number of aromatic nitrogens is 1. The molecule has 1 N–H and O–H groups in total. The van der Waals surface area contributed by atoms with Crippen molar-refractivity contribution in [1.82, 2.24) is 20.1 Å². The third-order valence-corrected chi connectivity index (χ3v) is 7.96. The molecule has 188 valence electrons. The fraction of sp³-hybridized carbons (Fsp3) is 0.560. The van der Waals surface area contributed by atoms with Gasteiger partial charge in [0.15, 0.2) is 0 Å². The van der Waals surface area contributed by atoms with Crippen LogP contribution in [-0.4, -0.2) is 52.8 Å². The lowest BCUT2D eigenvalue weighted by Gasteiger charge is -2.38. The van der Waals surface area contributed by atoms with Crippen LogP contribution in [-0.2, 0) is 16.1 Å². The second kappa shape index (κ2) is 12.9. The lowest BCUT2D eigenvalue weighted by molar-refractivity contribution is -0.139. The Morgan fingerprint density at radius 2 is 1.88 bits per heavy atom. The predicted molar refractivity (Wildman–Crippen MR) is 142 cm³/mol. The smallest absolute Gasteiger partial charge is 0.229 e. The molecule has 2 aromatic heterocycles. The van der Waals surface area contributed by atoms with Gasteiger partial charge in [-0.1, -0.05) is 26.0 Å². The van der Waals surface area contributed by atoms with Crippen molar-refractivity contribution in [1.29, 1.82) is 0 Å². The molecule has 0 radical (unpaired) electrons. The molecule has 34 heavy (non-hydrogen) atoms. The van der Waals surface area contributed by atoms with Crippen LogP contribution in [0, 0.1) is 11.3 Å². The third kappa shape index (κ3) is 6.72. The van der Waals surface area contributed by atoms with Gasteiger partial charge in [-0.3, -0.25) is 14.6 Å². The predicted octanol–water partition coefficient (Wildman–Crippen LogP) is 4.70. The molecule has 2 saturated heterocycles. The number of pyridine rings is 1. The highest BCUT2D eigenvalue weighted by Gasteiger charge is 2.47. The van der Waals surface area contributed by atoms with Crippen LogP contribution >= 0.6 is 36.2 Å². The quantitative estimate of drug-likeness (QED) is 0.541. The first-order valence-electron chi connectivity index (χ1n) is 11.7. The molecule has 0 aliphatic carbocycles. The molecule has 2 amide bonds. The highest BCUT2D eigenvalue weighted by molar-refractivity contribution is 7.10. The van der Waals surface area contributed by atoms with E-state index >= 15 is 0 Å². The second-order valence-electron chi connectivity index (χ2n) is 9.48. The van der Waals surface area contributed by atoms with Gasteiger partial charge in [-0.15, -0.1) is 36.2 Å². The van der Waals surface area contributed by atoms with Gasteiger partial charge in [0.25, 0.3) is 0 Å². The largest absolute Gasteiger partial charge is 0.348 e. The van der Waals surface area contributed by atoms with Gasteiger partial charge in [-0.25, -0.2) is 0 Å². The van der Waals surface area contributed by atoms with E-state index in [9.17, 15) is 9.59 Å². The van der Waals surface area contributed by atoms with Gasteiger partial charge in [-0.2, -0.15) is 0 Å². The molecule has 4 heterocycles. The van der Waals surface area contributed by atoms with Crippen molar-refractivity contribution in [3.63, 3.8) is 0 Å². The number of rotatable bonds is 8. The maximum Gasteiger partial charge on any atom is 0.229 e. The number of carbonyl (C=O) groups excluding carboxylic acids is 2. The number of carbonyl (C=O) groups is 2. The zero-order valence-corrected chi connectivity index (χ0v) is 22.4. The first-order valence-corrected chi connectivity index (χ1v) is 12.6. The molecule has 9 heteroatoms. The summed E-state index contributed by atoms with van der Waals surface area (Å²) in [7, 11) is 0. The average Bonchev–Trinajstić information content (AvgIpc) is 3.44. The van der Waals surface area contributed by atoms with Gasteiger partial charge in [0.1, 0.15) is 0 Å². The average molecular weight is 528 g/mol.